The first-order valence-corrected chi connectivity index (χ1v) is 6.58. The van der Waals surface area contributed by atoms with Crippen LogP contribution in [0.5, 0.6) is 0 Å². The zero-order valence-corrected chi connectivity index (χ0v) is 11.2. The molecule has 0 saturated carbocycles. The van der Waals surface area contributed by atoms with Crippen molar-refractivity contribution < 1.29 is 4.79 Å². The van der Waals surface area contributed by atoms with Crippen LogP contribution in [0.25, 0.3) is 0 Å². The van der Waals surface area contributed by atoms with Crippen LogP contribution >= 0.6 is 0 Å². The highest BCUT2D eigenvalue weighted by molar-refractivity contribution is 5.82. The predicted molar refractivity (Wildman–Crippen MR) is 67.3 cm³/mol. The number of Topliss-reactive ketones (excluding diaryl/α,β-unsaturated/α-hetero) is 1. The normalized spacial score (nSPS) is 33.5. The minimum atomic E-state index is -0.0759. The molecule has 0 aromatic heterocycles. The van der Waals surface area contributed by atoms with E-state index >= 15 is 0 Å². The first kappa shape index (κ1) is 11.9. The van der Waals surface area contributed by atoms with E-state index in [1.165, 1.54) is 19.3 Å². The Morgan fingerprint density at radius 3 is 2.44 bits per heavy atom. The van der Waals surface area contributed by atoms with Gasteiger partial charge in [0.1, 0.15) is 5.78 Å². The van der Waals surface area contributed by atoms with E-state index in [0.717, 1.165) is 19.3 Å². The van der Waals surface area contributed by atoms with E-state index in [1.54, 1.807) is 18.1 Å². The second-order valence-corrected chi connectivity index (χ2v) is 6.61. The Balaban J connectivity index is 2.33. The lowest BCUT2D eigenvalue weighted by molar-refractivity contribution is -0.126. The van der Waals surface area contributed by atoms with Crippen LogP contribution in [0.2, 0.25) is 0 Å². The Kier molecular flexibility index (Phi) is 2.76. The average molecular weight is 220 g/mol. The van der Waals surface area contributed by atoms with Crippen molar-refractivity contribution in [2.24, 2.45) is 10.8 Å². The summed E-state index contributed by atoms with van der Waals surface area (Å²) in [7, 11) is 0. The number of carbonyl (C=O) groups is 1. The van der Waals surface area contributed by atoms with Gasteiger partial charge in [-0.3, -0.25) is 4.79 Å². The number of carbonyl (C=O) groups excluding carboxylic acids is 1. The van der Waals surface area contributed by atoms with Gasteiger partial charge in [-0.15, -0.1) is 0 Å². The zero-order valence-electron chi connectivity index (χ0n) is 11.2. The first-order valence-electron chi connectivity index (χ1n) is 6.58. The molecule has 0 radical (unpaired) electrons. The molecular weight excluding hydrogens is 196 g/mol. The molecular formula is C15H24O. The molecule has 0 fully saturated rings. The van der Waals surface area contributed by atoms with Crippen molar-refractivity contribution in [2.45, 2.75) is 66.2 Å². The summed E-state index contributed by atoms with van der Waals surface area (Å²) in [5.41, 5.74) is 3.55. The van der Waals surface area contributed by atoms with Crippen molar-refractivity contribution in [3.8, 4) is 0 Å². The molecule has 0 amide bonds. The standard InChI is InChI=1S/C15H24O/c1-11(16)15(4)9-7-12-6-5-8-14(2,3)13(12)10-15/h5-10H2,1-4H3. The molecule has 1 atom stereocenters. The molecule has 2 rings (SSSR count). The summed E-state index contributed by atoms with van der Waals surface area (Å²) in [6.07, 6.45) is 7.16. The molecule has 0 saturated heterocycles. The molecule has 0 aliphatic heterocycles. The third-order valence-corrected chi connectivity index (χ3v) is 4.92. The van der Waals surface area contributed by atoms with Gasteiger partial charge in [-0.2, -0.15) is 0 Å². The Morgan fingerprint density at radius 1 is 1.12 bits per heavy atom. The van der Waals surface area contributed by atoms with E-state index in [4.69, 9.17) is 0 Å². The van der Waals surface area contributed by atoms with E-state index < -0.39 is 0 Å². The Morgan fingerprint density at radius 2 is 1.81 bits per heavy atom. The lowest BCUT2D eigenvalue weighted by Gasteiger charge is -2.44. The van der Waals surface area contributed by atoms with Crippen molar-refractivity contribution in [3.63, 3.8) is 0 Å². The fraction of sp³-hybridized carbons (Fsp3) is 0.800. The highest BCUT2D eigenvalue weighted by Gasteiger charge is 2.41. The number of hydrogen-bond acceptors (Lipinski definition) is 1. The van der Waals surface area contributed by atoms with Gasteiger partial charge >= 0.3 is 0 Å². The quantitative estimate of drug-likeness (QED) is 0.603. The van der Waals surface area contributed by atoms with Crippen LogP contribution in [0, 0.1) is 10.8 Å². The second-order valence-electron chi connectivity index (χ2n) is 6.61. The molecule has 0 aromatic carbocycles. The fourth-order valence-electron chi connectivity index (χ4n) is 3.37. The number of hydrogen-bond donors (Lipinski definition) is 0. The summed E-state index contributed by atoms with van der Waals surface area (Å²) < 4.78 is 0. The van der Waals surface area contributed by atoms with Crippen LogP contribution in [-0.4, -0.2) is 5.78 Å². The van der Waals surface area contributed by atoms with Gasteiger partial charge in [0.05, 0.1) is 0 Å². The summed E-state index contributed by atoms with van der Waals surface area (Å²) in [5.74, 6) is 0.375. The summed E-state index contributed by atoms with van der Waals surface area (Å²) in [4.78, 5) is 11.8. The van der Waals surface area contributed by atoms with Crippen molar-refractivity contribution in [2.75, 3.05) is 0 Å². The summed E-state index contributed by atoms with van der Waals surface area (Å²) in [5, 5.41) is 0. The second kappa shape index (κ2) is 3.72. The Bertz CT molecular complexity index is 348. The fourth-order valence-corrected chi connectivity index (χ4v) is 3.37. The molecule has 0 spiro atoms. The Labute approximate surface area is 99.3 Å². The predicted octanol–water partition coefficient (Wildman–Crippen LogP) is 4.27. The average Bonchev–Trinajstić information content (AvgIpc) is 2.19. The van der Waals surface area contributed by atoms with Crippen molar-refractivity contribution in [1.82, 2.24) is 0 Å². The summed E-state index contributed by atoms with van der Waals surface area (Å²) >= 11 is 0. The number of ketones is 1. The van der Waals surface area contributed by atoms with Gasteiger partial charge in [-0.1, -0.05) is 31.9 Å². The zero-order chi connectivity index (χ0) is 12.0. The highest BCUT2D eigenvalue weighted by atomic mass is 16.1. The first-order chi connectivity index (χ1) is 7.35. The van der Waals surface area contributed by atoms with Crippen LogP contribution in [0.3, 0.4) is 0 Å². The Hall–Kier alpha value is -0.590. The monoisotopic (exact) mass is 220 g/mol. The molecule has 0 bridgehead atoms. The van der Waals surface area contributed by atoms with Crippen LogP contribution in [0.15, 0.2) is 11.1 Å². The summed E-state index contributed by atoms with van der Waals surface area (Å²) in [6, 6.07) is 0. The van der Waals surface area contributed by atoms with Gasteiger partial charge in [-0.05, 0) is 50.9 Å². The van der Waals surface area contributed by atoms with Crippen molar-refractivity contribution in [3.05, 3.63) is 11.1 Å². The van der Waals surface area contributed by atoms with Gasteiger partial charge in [0.2, 0.25) is 0 Å². The van der Waals surface area contributed by atoms with Gasteiger partial charge in [0, 0.05) is 5.41 Å². The third kappa shape index (κ3) is 1.85. The maximum absolute atomic E-state index is 11.8. The van der Waals surface area contributed by atoms with Gasteiger partial charge in [-0.25, -0.2) is 0 Å². The molecule has 1 heteroatoms. The van der Waals surface area contributed by atoms with E-state index in [9.17, 15) is 4.79 Å². The van der Waals surface area contributed by atoms with E-state index in [2.05, 4.69) is 20.8 Å². The van der Waals surface area contributed by atoms with Crippen molar-refractivity contribution >= 4 is 5.78 Å². The van der Waals surface area contributed by atoms with Gasteiger partial charge in [0.15, 0.2) is 0 Å². The minimum Gasteiger partial charge on any atom is -0.299 e. The van der Waals surface area contributed by atoms with E-state index in [-0.39, 0.29) is 5.41 Å². The lowest BCUT2D eigenvalue weighted by atomic mass is 9.61. The molecule has 1 unspecified atom stereocenters. The van der Waals surface area contributed by atoms with Crippen LogP contribution in [0.1, 0.15) is 66.2 Å². The molecule has 2 aliphatic rings. The maximum Gasteiger partial charge on any atom is 0.136 e. The SMILES string of the molecule is CC(=O)C1(C)CCC2=C(C1)C(C)(C)CCC2. The van der Waals surface area contributed by atoms with Crippen LogP contribution < -0.4 is 0 Å². The van der Waals surface area contributed by atoms with Gasteiger partial charge < -0.3 is 0 Å². The third-order valence-electron chi connectivity index (χ3n) is 4.92. The van der Waals surface area contributed by atoms with E-state index in [1.807, 2.05) is 0 Å². The molecule has 0 aromatic rings. The largest absolute Gasteiger partial charge is 0.299 e. The summed E-state index contributed by atoms with van der Waals surface area (Å²) in [6.45, 7) is 8.63. The maximum atomic E-state index is 11.8. The molecule has 2 aliphatic carbocycles. The highest BCUT2D eigenvalue weighted by Crippen LogP contribution is 2.51. The smallest absolute Gasteiger partial charge is 0.136 e. The van der Waals surface area contributed by atoms with E-state index in [0.29, 0.717) is 11.2 Å². The molecule has 0 N–H and O–H groups in total. The lowest BCUT2D eigenvalue weighted by Crippen LogP contribution is -2.35. The molecule has 90 valence electrons. The molecule has 0 heterocycles. The van der Waals surface area contributed by atoms with Crippen LogP contribution in [0.4, 0.5) is 0 Å². The number of allylic oxidation sites excluding steroid dienone is 2. The number of rotatable bonds is 1. The molecule has 1 nitrogen and oxygen atoms in total. The van der Waals surface area contributed by atoms with Crippen LogP contribution in [-0.2, 0) is 4.79 Å². The molecule has 16 heavy (non-hydrogen) atoms. The van der Waals surface area contributed by atoms with Crippen molar-refractivity contribution in [1.29, 1.82) is 0 Å². The van der Waals surface area contributed by atoms with Gasteiger partial charge in [0.25, 0.3) is 0 Å². The minimum absolute atomic E-state index is 0.0759. The topological polar surface area (TPSA) is 17.1 Å².